The number of amides is 1. The molecule has 0 heterocycles. The van der Waals surface area contributed by atoms with Gasteiger partial charge in [0.1, 0.15) is 0 Å². The van der Waals surface area contributed by atoms with Crippen LogP contribution in [0.4, 0.5) is 18.9 Å². The SMILES string of the molecule is COCCNCC(=O)Nc1cc(Br)cc(C(F)(F)F)c1. The summed E-state index contributed by atoms with van der Waals surface area (Å²) >= 11 is 2.99. The van der Waals surface area contributed by atoms with Crippen LogP contribution in [0.3, 0.4) is 0 Å². The van der Waals surface area contributed by atoms with E-state index in [1.807, 2.05) is 0 Å². The van der Waals surface area contributed by atoms with Gasteiger partial charge in [-0.3, -0.25) is 4.79 Å². The fraction of sp³-hybridized carbons (Fsp3) is 0.417. The highest BCUT2D eigenvalue weighted by molar-refractivity contribution is 9.10. The molecule has 2 N–H and O–H groups in total. The Bertz CT molecular complexity index is 467. The molecule has 0 atom stereocenters. The predicted octanol–water partition coefficient (Wildman–Crippen LogP) is 2.64. The van der Waals surface area contributed by atoms with Gasteiger partial charge in [0.15, 0.2) is 0 Å². The van der Waals surface area contributed by atoms with E-state index in [2.05, 4.69) is 26.6 Å². The van der Waals surface area contributed by atoms with Crippen molar-refractivity contribution in [3.8, 4) is 0 Å². The minimum Gasteiger partial charge on any atom is -0.383 e. The largest absolute Gasteiger partial charge is 0.416 e. The molecule has 0 bridgehead atoms. The van der Waals surface area contributed by atoms with Crippen LogP contribution in [0.15, 0.2) is 22.7 Å². The van der Waals surface area contributed by atoms with Crippen molar-refractivity contribution >= 4 is 27.5 Å². The number of halogens is 4. The molecule has 8 heteroatoms. The molecule has 0 aliphatic heterocycles. The van der Waals surface area contributed by atoms with Gasteiger partial charge in [0.25, 0.3) is 0 Å². The van der Waals surface area contributed by atoms with E-state index in [4.69, 9.17) is 4.74 Å². The number of ether oxygens (including phenoxy) is 1. The van der Waals surface area contributed by atoms with Crippen LogP contribution in [0.5, 0.6) is 0 Å². The lowest BCUT2D eigenvalue weighted by atomic mass is 10.2. The molecule has 0 fully saturated rings. The van der Waals surface area contributed by atoms with Gasteiger partial charge < -0.3 is 15.4 Å². The van der Waals surface area contributed by atoms with E-state index in [9.17, 15) is 18.0 Å². The van der Waals surface area contributed by atoms with Gasteiger partial charge in [0.2, 0.25) is 5.91 Å². The number of alkyl halides is 3. The minimum atomic E-state index is -4.46. The Morgan fingerprint density at radius 1 is 1.35 bits per heavy atom. The zero-order valence-electron chi connectivity index (χ0n) is 10.7. The quantitative estimate of drug-likeness (QED) is 0.772. The molecule has 0 aliphatic carbocycles. The van der Waals surface area contributed by atoms with E-state index >= 15 is 0 Å². The van der Waals surface area contributed by atoms with Crippen LogP contribution in [0, 0.1) is 0 Å². The normalized spacial score (nSPS) is 11.4. The molecular formula is C12H14BrF3N2O2. The van der Waals surface area contributed by atoms with Crippen LogP contribution >= 0.6 is 15.9 Å². The second-order valence-electron chi connectivity index (χ2n) is 3.94. The second kappa shape index (κ2) is 7.61. The number of methoxy groups -OCH3 is 1. The van der Waals surface area contributed by atoms with Gasteiger partial charge in [-0.05, 0) is 18.2 Å². The molecule has 4 nitrogen and oxygen atoms in total. The monoisotopic (exact) mass is 354 g/mol. The Morgan fingerprint density at radius 3 is 2.65 bits per heavy atom. The number of carbonyl (C=O) groups excluding carboxylic acids is 1. The van der Waals surface area contributed by atoms with Crippen LogP contribution < -0.4 is 10.6 Å². The van der Waals surface area contributed by atoms with E-state index < -0.39 is 17.6 Å². The number of rotatable bonds is 6. The van der Waals surface area contributed by atoms with Gasteiger partial charge in [-0.15, -0.1) is 0 Å². The third kappa shape index (κ3) is 5.89. The summed E-state index contributed by atoms with van der Waals surface area (Å²) in [6.45, 7) is 0.926. The van der Waals surface area contributed by atoms with Crippen LogP contribution in [-0.2, 0) is 15.7 Å². The lowest BCUT2D eigenvalue weighted by Gasteiger charge is -2.11. The van der Waals surface area contributed by atoms with Crippen molar-refractivity contribution in [1.29, 1.82) is 0 Å². The van der Waals surface area contributed by atoms with Crippen molar-refractivity contribution in [3.63, 3.8) is 0 Å². The van der Waals surface area contributed by atoms with E-state index in [1.165, 1.54) is 13.2 Å². The first kappa shape index (κ1) is 16.9. The highest BCUT2D eigenvalue weighted by Gasteiger charge is 2.31. The van der Waals surface area contributed by atoms with E-state index in [0.717, 1.165) is 12.1 Å². The summed E-state index contributed by atoms with van der Waals surface area (Å²) in [5, 5.41) is 5.19. The van der Waals surface area contributed by atoms with E-state index in [0.29, 0.717) is 13.2 Å². The Balaban J connectivity index is 2.63. The fourth-order valence-corrected chi connectivity index (χ4v) is 1.90. The van der Waals surface area contributed by atoms with Gasteiger partial charge in [0.05, 0.1) is 18.7 Å². The molecule has 1 aromatic carbocycles. The summed E-state index contributed by atoms with van der Waals surface area (Å²) < 4.78 is 42.9. The van der Waals surface area contributed by atoms with Gasteiger partial charge >= 0.3 is 6.18 Å². The molecule has 1 aromatic rings. The molecule has 1 amide bonds. The first-order chi connectivity index (χ1) is 9.32. The smallest absolute Gasteiger partial charge is 0.383 e. The average Bonchev–Trinajstić information content (AvgIpc) is 2.33. The van der Waals surface area contributed by atoms with E-state index in [-0.39, 0.29) is 16.7 Å². The third-order valence-corrected chi connectivity index (χ3v) is 2.74. The molecule has 0 spiro atoms. The maximum Gasteiger partial charge on any atom is 0.416 e. The number of hydrogen-bond donors (Lipinski definition) is 2. The van der Waals surface area contributed by atoms with E-state index in [1.54, 1.807) is 0 Å². The molecule has 0 aliphatic rings. The van der Waals surface area contributed by atoms with Crippen LogP contribution in [-0.4, -0.2) is 32.7 Å². The lowest BCUT2D eigenvalue weighted by Crippen LogP contribution is -2.30. The molecule has 20 heavy (non-hydrogen) atoms. The van der Waals surface area contributed by atoms with Crippen molar-refractivity contribution in [1.82, 2.24) is 5.32 Å². The van der Waals surface area contributed by atoms with Crippen LogP contribution in [0.25, 0.3) is 0 Å². The third-order valence-electron chi connectivity index (χ3n) is 2.28. The summed E-state index contributed by atoms with van der Waals surface area (Å²) in [5.41, 5.74) is -0.736. The summed E-state index contributed by atoms with van der Waals surface area (Å²) in [5.74, 6) is -0.424. The van der Waals surface area contributed by atoms with Crippen molar-refractivity contribution < 1.29 is 22.7 Å². The number of benzene rings is 1. The first-order valence-electron chi connectivity index (χ1n) is 5.70. The predicted molar refractivity (Wildman–Crippen MR) is 72.5 cm³/mol. The number of anilines is 1. The Kier molecular flexibility index (Phi) is 6.44. The highest BCUT2D eigenvalue weighted by Crippen LogP contribution is 2.33. The molecule has 0 aromatic heterocycles. The number of nitrogens with one attached hydrogen (secondary N) is 2. The highest BCUT2D eigenvalue weighted by atomic mass is 79.9. The van der Waals surface area contributed by atoms with Crippen molar-refractivity contribution in [3.05, 3.63) is 28.2 Å². The fourth-order valence-electron chi connectivity index (χ4n) is 1.41. The van der Waals surface area contributed by atoms with Gasteiger partial charge in [-0.25, -0.2) is 0 Å². The molecule has 0 radical (unpaired) electrons. The zero-order chi connectivity index (χ0) is 15.2. The van der Waals surface area contributed by atoms with Gasteiger partial charge in [-0.1, -0.05) is 15.9 Å². The molecular weight excluding hydrogens is 341 g/mol. The van der Waals surface area contributed by atoms with Crippen molar-refractivity contribution in [2.45, 2.75) is 6.18 Å². The van der Waals surface area contributed by atoms with Crippen molar-refractivity contribution in [2.24, 2.45) is 0 Å². The molecule has 0 saturated carbocycles. The summed E-state index contributed by atoms with van der Waals surface area (Å²) in [4.78, 5) is 11.5. The molecule has 0 saturated heterocycles. The van der Waals surface area contributed by atoms with Gasteiger partial charge in [-0.2, -0.15) is 13.2 Å². The topological polar surface area (TPSA) is 50.4 Å². The summed E-state index contributed by atoms with van der Waals surface area (Å²) in [6, 6.07) is 3.24. The maximum atomic E-state index is 12.6. The second-order valence-corrected chi connectivity index (χ2v) is 4.86. The Morgan fingerprint density at radius 2 is 2.05 bits per heavy atom. The molecule has 1 rings (SSSR count). The maximum absolute atomic E-state index is 12.6. The van der Waals surface area contributed by atoms with Gasteiger partial charge in [0, 0.05) is 23.8 Å². The van der Waals surface area contributed by atoms with Crippen molar-refractivity contribution in [2.75, 3.05) is 32.1 Å². The minimum absolute atomic E-state index is 0.00275. The molecule has 112 valence electrons. The Labute approximate surface area is 122 Å². The zero-order valence-corrected chi connectivity index (χ0v) is 12.3. The Hall–Kier alpha value is -1.12. The first-order valence-corrected chi connectivity index (χ1v) is 6.49. The standard InChI is InChI=1S/C12H14BrF3N2O2/c1-20-3-2-17-7-11(19)18-10-5-8(12(14,15)16)4-9(13)6-10/h4-6,17H,2-3,7H2,1H3,(H,18,19). The number of carbonyl (C=O) groups is 1. The summed E-state index contributed by atoms with van der Waals surface area (Å²) in [7, 11) is 1.53. The molecule has 0 unspecified atom stereocenters. The van der Waals surface area contributed by atoms with Crippen LogP contribution in [0.1, 0.15) is 5.56 Å². The van der Waals surface area contributed by atoms with Crippen LogP contribution in [0.2, 0.25) is 0 Å². The average molecular weight is 355 g/mol. The summed E-state index contributed by atoms with van der Waals surface area (Å²) in [6.07, 6.45) is -4.46. The number of hydrogen-bond acceptors (Lipinski definition) is 3. The lowest BCUT2D eigenvalue weighted by molar-refractivity contribution is -0.137.